The Hall–Kier alpha value is -4.85. The molecule has 4 aromatic carbocycles. The first-order chi connectivity index (χ1) is 25.0. The van der Waals surface area contributed by atoms with E-state index in [1.807, 2.05) is 12.1 Å². The van der Waals surface area contributed by atoms with Crippen LogP contribution in [0.2, 0.25) is 0 Å². The van der Waals surface area contributed by atoms with Crippen molar-refractivity contribution >= 4 is 37.6 Å². The van der Waals surface area contributed by atoms with Crippen LogP contribution in [0.3, 0.4) is 0 Å². The summed E-state index contributed by atoms with van der Waals surface area (Å²) in [5, 5.41) is 34.9. The van der Waals surface area contributed by atoms with Crippen LogP contribution in [0.1, 0.15) is 99.6 Å². The quantitative estimate of drug-likeness (QED) is 0.151. The molecule has 6 nitrogen and oxygen atoms in total. The Morgan fingerprint density at radius 2 is 1.04 bits per heavy atom. The van der Waals surface area contributed by atoms with Crippen molar-refractivity contribution in [1.29, 1.82) is 21.0 Å². The average Bonchev–Trinajstić information content (AvgIpc) is 3.10. The number of benzene rings is 4. The molecular weight excluding hydrogens is 826 g/mol. The molecule has 0 aromatic heterocycles. The summed E-state index contributed by atoms with van der Waals surface area (Å²) in [6.45, 7) is 13.2. The molecule has 0 aliphatic carbocycles. The Kier molecular flexibility index (Phi) is 18.0. The minimum absolute atomic E-state index is 0.124. The van der Waals surface area contributed by atoms with Crippen LogP contribution < -0.4 is 5.73 Å². The van der Waals surface area contributed by atoms with E-state index in [2.05, 4.69) is 44.0 Å². The maximum absolute atomic E-state index is 13.7. The second kappa shape index (κ2) is 20.6. The molecule has 0 radical (unpaired) electrons. The lowest BCUT2D eigenvalue weighted by Gasteiger charge is -2.17. The molecule has 0 aliphatic heterocycles. The highest BCUT2D eigenvalue weighted by atomic mass is 79.9. The van der Waals surface area contributed by atoms with Gasteiger partial charge in [0.25, 0.3) is 0 Å². The number of ketones is 1. The fourth-order valence-corrected chi connectivity index (χ4v) is 5.16. The van der Waals surface area contributed by atoms with Crippen LogP contribution in [0.15, 0.2) is 81.7 Å². The van der Waals surface area contributed by atoms with E-state index in [9.17, 15) is 22.4 Å². The minimum Gasteiger partial charge on any atom is -0.324 e. The number of hydrogen-bond donors (Lipinski definition) is 1. The van der Waals surface area contributed by atoms with Crippen molar-refractivity contribution in [3.05, 3.63) is 138 Å². The lowest BCUT2D eigenvalue weighted by atomic mass is 9.85. The van der Waals surface area contributed by atoms with E-state index in [-0.39, 0.29) is 35.7 Å². The summed E-state index contributed by atoms with van der Waals surface area (Å²) in [4.78, 5) is 11.0. The Morgan fingerprint density at radius 3 is 1.39 bits per heavy atom. The molecule has 0 bridgehead atoms. The smallest absolute Gasteiger partial charge is 0.159 e. The second-order valence-electron chi connectivity index (χ2n) is 13.7. The fraction of sp³-hybridized carbons (Fsp3) is 0.310. The van der Waals surface area contributed by atoms with Crippen LogP contribution in [-0.2, 0) is 22.7 Å². The summed E-state index contributed by atoms with van der Waals surface area (Å²) in [6, 6.07) is 26.3. The first-order valence-electron chi connectivity index (χ1n) is 16.3. The van der Waals surface area contributed by atoms with Gasteiger partial charge < -0.3 is 5.73 Å². The molecule has 0 saturated carbocycles. The van der Waals surface area contributed by atoms with E-state index < -0.39 is 22.1 Å². The van der Waals surface area contributed by atoms with Gasteiger partial charge in [-0.15, -0.1) is 0 Å². The van der Waals surface area contributed by atoms with Gasteiger partial charge in [0.1, 0.15) is 23.3 Å². The monoisotopic (exact) mass is 865 g/mol. The summed E-state index contributed by atoms with van der Waals surface area (Å²) in [5.74, 6) is -1.73. The standard InChI is InChI=1S/C12H15FN2.C12H12FNO.C10H9BrFN.C8H5BrFN/c2*1-8(15)9-4-5-10(11(13)6-9)12(2,3)7-14;1-10(2,6-13)8-4-3-7(11)5-9(8)12;9-7-2-1-6(3-4-11)8(10)5-7/h4-6,8H,15H2,1-3H3;4-6H,1-3H3;3-5H,1-2H3;1-2,5H,3H2. The summed E-state index contributed by atoms with van der Waals surface area (Å²) < 4.78 is 54.9. The van der Waals surface area contributed by atoms with Gasteiger partial charge >= 0.3 is 0 Å². The topological polar surface area (TPSA) is 138 Å². The predicted octanol–water partition coefficient (Wildman–Crippen LogP) is 11.5. The maximum Gasteiger partial charge on any atom is 0.159 e. The highest BCUT2D eigenvalue weighted by Crippen LogP contribution is 2.28. The molecular formula is C42H41Br2F4N5O. The van der Waals surface area contributed by atoms with Crippen LogP contribution in [0.25, 0.3) is 0 Å². The van der Waals surface area contributed by atoms with Crippen molar-refractivity contribution in [2.24, 2.45) is 5.73 Å². The number of nitriles is 4. The molecule has 2 N–H and O–H groups in total. The van der Waals surface area contributed by atoms with E-state index in [1.54, 1.807) is 90.9 Å². The number of rotatable bonds is 6. The molecule has 54 heavy (non-hydrogen) atoms. The zero-order chi connectivity index (χ0) is 41.6. The maximum atomic E-state index is 13.7. The molecule has 0 aliphatic rings. The van der Waals surface area contributed by atoms with Crippen molar-refractivity contribution < 1.29 is 22.4 Å². The van der Waals surface area contributed by atoms with Crippen LogP contribution in [0, 0.1) is 68.6 Å². The molecule has 1 atom stereocenters. The van der Waals surface area contributed by atoms with Crippen molar-refractivity contribution in [3.8, 4) is 24.3 Å². The van der Waals surface area contributed by atoms with Crippen molar-refractivity contribution in [1.82, 2.24) is 0 Å². The first-order valence-corrected chi connectivity index (χ1v) is 17.9. The predicted molar refractivity (Wildman–Crippen MR) is 209 cm³/mol. The normalized spacial score (nSPS) is 11.2. The summed E-state index contributed by atoms with van der Waals surface area (Å²) in [5.41, 5.74) is 5.85. The third-order valence-electron chi connectivity index (χ3n) is 7.97. The van der Waals surface area contributed by atoms with E-state index in [4.69, 9.17) is 26.8 Å². The number of halogens is 6. The molecule has 0 saturated heterocycles. The Morgan fingerprint density at radius 1 is 0.648 bits per heavy atom. The largest absolute Gasteiger partial charge is 0.324 e. The number of Topliss-reactive ketones (excluding diaryl/α,β-unsaturated/α-hetero) is 1. The third-order valence-corrected chi connectivity index (χ3v) is 8.96. The Labute approximate surface area is 332 Å². The average molecular weight is 868 g/mol. The van der Waals surface area contributed by atoms with Crippen LogP contribution in [0.4, 0.5) is 17.6 Å². The van der Waals surface area contributed by atoms with E-state index in [1.165, 1.54) is 37.3 Å². The molecule has 0 spiro atoms. The Balaban J connectivity index is 0.000000362. The highest BCUT2D eigenvalue weighted by Gasteiger charge is 2.25. The van der Waals surface area contributed by atoms with Gasteiger partial charge in [-0.3, -0.25) is 4.79 Å². The van der Waals surface area contributed by atoms with Crippen LogP contribution in [-0.4, -0.2) is 5.78 Å². The molecule has 4 aromatic rings. The van der Waals surface area contributed by atoms with Gasteiger partial charge in [-0.2, -0.15) is 21.0 Å². The van der Waals surface area contributed by atoms with Gasteiger partial charge in [0.05, 0.1) is 46.9 Å². The highest BCUT2D eigenvalue weighted by molar-refractivity contribution is 9.10. The summed E-state index contributed by atoms with van der Waals surface area (Å²) in [6.07, 6.45) is 0.124. The molecule has 0 fully saturated rings. The third kappa shape index (κ3) is 13.9. The first kappa shape index (κ1) is 47.2. The van der Waals surface area contributed by atoms with E-state index >= 15 is 0 Å². The molecule has 0 heterocycles. The number of carbonyl (C=O) groups is 1. The van der Waals surface area contributed by atoms with Crippen molar-refractivity contribution in [2.45, 2.75) is 84.1 Å². The SMILES string of the molecule is CC(=O)c1ccc(C(C)(C)C#N)c(F)c1.CC(C)(C#N)c1ccc(Br)cc1F.CC(N)c1ccc(C(C)(C)C#N)c(F)c1.N#CCc1ccc(Br)cc1F. The van der Waals surface area contributed by atoms with Crippen LogP contribution in [0.5, 0.6) is 0 Å². The molecule has 12 heteroatoms. The van der Waals surface area contributed by atoms with Gasteiger partial charge in [0.2, 0.25) is 0 Å². The van der Waals surface area contributed by atoms with E-state index in [0.29, 0.717) is 36.8 Å². The van der Waals surface area contributed by atoms with Crippen molar-refractivity contribution in [2.75, 3.05) is 0 Å². The second-order valence-corrected chi connectivity index (χ2v) is 15.5. The van der Waals surface area contributed by atoms with Gasteiger partial charge in [-0.1, -0.05) is 68.3 Å². The number of nitrogens with zero attached hydrogens (tertiary/aromatic N) is 4. The lowest BCUT2D eigenvalue weighted by Crippen LogP contribution is -2.17. The Bertz CT molecular complexity index is 2120. The molecule has 4 rings (SSSR count). The zero-order valence-electron chi connectivity index (χ0n) is 31.3. The zero-order valence-corrected chi connectivity index (χ0v) is 34.4. The van der Waals surface area contributed by atoms with Crippen molar-refractivity contribution in [3.63, 3.8) is 0 Å². The van der Waals surface area contributed by atoms with Crippen LogP contribution >= 0.6 is 31.9 Å². The van der Waals surface area contributed by atoms with Gasteiger partial charge in [-0.05, 0) is 97.4 Å². The summed E-state index contributed by atoms with van der Waals surface area (Å²) in [7, 11) is 0. The van der Waals surface area contributed by atoms with Gasteiger partial charge in [0.15, 0.2) is 5.78 Å². The lowest BCUT2D eigenvalue weighted by molar-refractivity contribution is 0.101. The summed E-state index contributed by atoms with van der Waals surface area (Å²) >= 11 is 6.29. The van der Waals surface area contributed by atoms with Gasteiger partial charge in [-0.25, -0.2) is 17.6 Å². The molecule has 282 valence electrons. The van der Waals surface area contributed by atoms with Gasteiger partial charge in [0, 0.05) is 42.8 Å². The number of hydrogen-bond acceptors (Lipinski definition) is 6. The minimum atomic E-state index is -0.876. The molecule has 1 unspecified atom stereocenters. The van der Waals surface area contributed by atoms with E-state index in [0.717, 1.165) is 5.56 Å². The molecule has 0 amide bonds. The number of nitrogens with two attached hydrogens (primary N) is 1. The number of carbonyl (C=O) groups excluding carboxylic acids is 1. The fourth-order valence-electron chi connectivity index (χ4n) is 4.49.